The monoisotopic (exact) mass is 610 g/mol. The van der Waals surface area contributed by atoms with E-state index in [1.165, 1.54) is 24.3 Å². The number of thiophene rings is 1. The first-order chi connectivity index (χ1) is 17.0. The van der Waals surface area contributed by atoms with Crippen molar-refractivity contribution in [1.29, 1.82) is 0 Å². The number of carbonyl (C=O) groups is 2. The van der Waals surface area contributed by atoms with Crippen LogP contribution in [0.2, 0.25) is 25.1 Å². The summed E-state index contributed by atoms with van der Waals surface area (Å²) in [6.07, 6.45) is 0. The van der Waals surface area contributed by atoms with Gasteiger partial charge in [-0.05, 0) is 31.5 Å². The van der Waals surface area contributed by atoms with Crippen LogP contribution >= 0.6 is 69.3 Å². The maximum atomic E-state index is 12.8. The van der Waals surface area contributed by atoms with Gasteiger partial charge in [-0.3, -0.25) is 14.9 Å². The number of carbonyl (C=O) groups excluding carboxylic acids is 2. The number of non-ortho nitro benzene ring substituents is 1. The number of aryl methyl sites for hydroxylation is 1. The zero-order valence-corrected chi connectivity index (χ0v) is 23.0. The SMILES string of the molecule is CCOC(=O)c1c(NC(=O)COc2c(Cl)c(Cl)c(Cl)c(Cl)c2Cl)sc(C)c1-c1ccc([N+](=O)[O-])cc1. The van der Waals surface area contributed by atoms with E-state index in [0.717, 1.165) is 11.3 Å². The van der Waals surface area contributed by atoms with E-state index in [-0.39, 0.29) is 53.7 Å². The quantitative estimate of drug-likeness (QED) is 0.0906. The minimum Gasteiger partial charge on any atom is -0.481 e. The van der Waals surface area contributed by atoms with Crippen molar-refractivity contribution in [2.45, 2.75) is 13.8 Å². The Hall–Kier alpha value is -2.27. The molecular weight excluding hydrogens is 598 g/mol. The average molecular weight is 613 g/mol. The van der Waals surface area contributed by atoms with E-state index in [1.54, 1.807) is 13.8 Å². The Kier molecular flexibility index (Phi) is 9.32. The Bertz CT molecular complexity index is 1330. The van der Waals surface area contributed by atoms with Crippen molar-refractivity contribution in [3.05, 3.63) is 69.9 Å². The van der Waals surface area contributed by atoms with E-state index in [9.17, 15) is 19.7 Å². The number of rotatable bonds is 8. The molecule has 0 bridgehead atoms. The summed E-state index contributed by atoms with van der Waals surface area (Å²) in [6.45, 7) is 2.93. The van der Waals surface area contributed by atoms with E-state index in [4.69, 9.17) is 67.5 Å². The molecule has 190 valence electrons. The Morgan fingerprint density at radius 3 is 2.08 bits per heavy atom. The van der Waals surface area contributed by atoms with Crippen LogP contribution in [-0.2, 0) is 9.53 Å². The molecule has 1 N–H and O–H groups in total. The molecular formula is C22H15Cl5N2O6S. The summed E-state index contributed by atoms with van der Waals surface area (Å²) in [5.41, 5.74) is 1.02. The van der Waals surface area contributed by atoms with Gasteiger partial charge in [0.2, 0.25) is 0 Å². The van der Waals surface area contributed by atoms with Gasteiger partial charge in [-0.25, -0.2) is 4.79 Å². The second-order valence-corrected chi connectivity index (χ2v) is 10.1. The van der Waals surface area contributed by atoms with Gasteiger partial charge in [-0.1, -0.05) is 58.0 Å². The van der Waals surface area contributed by atoms with Crippen LogP contribution in [-0.4, -0.2) is 30.0 Å². The summed E-state index contributed by atoms with van der Waals surface area (Å²) in [5, 5.41) is 13.4. The fraction of sp³-hybridized carbons (Fsp3) is 0.182. The number of esters is 1. The number of nitrogens with one attached hydrogen (secondary N) is 1. The number of hydrogen-bond acceptors (Lipinski definition) is 7. The third-order valence-corrected chi connectivity index (χ3v) is 7.96. The minimum atomic E-state index is -0.672. The zero-order chi connectivity index (χ0) is 26.7. The zero-order valence-electron chi connectivity index (χ0n) is 18.4. The van der Waals surface area contributed by atoms with Crippen molar-refractivity contribution in [3.63, 3.8) is 0 Å². The summed E-state index contributed by atoms with van der Waals surface area (Å²) in [4.78, 5) is 36.7. The summed E-state index contributed by atoms with van der Waals surface area (Å²) in [7, 11) is 0. The Labute approximate surface area is 234 Å². The van der Waals surface area contributed by atoms with Crippen LogP contribution in [0, 0.1) is 17.0 Å². The molecule has 0 atom stereocenters. The van der Waals surface area contributed by atoms with Crippen molar-refractivity contribution in [1.82, 2.24) is 0 Å². The van der Waals surface area contributed by atoms with Gasteiger partial charge in [0, 0.05) is 22.6 Å². The summed E-state index contributed by atoms with van der Waals surface area (Å²) in [5.74, 6) is -1.45. The number of hydrogen-bond donors (Lipinski definition) is 1. The Morgan fingerprint density at radius 2 is 1.56 bits per heavy atom. The molecule has 0 aliphatic rings. The van der Waals surface area contributed by atoms with Gasteiger partial charge in [0.1, 0.15) is 20.6 Å². The van der Waals surface area contributed by atoms with Crippen LogP contribution in [0.5, 0.6) is 5.75 Å². The Morgan fingerprint density at radius 1 is 1.00 bits per heavy atom. The largest absolute Gasteiger partial charge is 0.481 e. The molecule has 0 aliphatic carbocycles. The van der Waals surface area contributed by atoms with Crippen LogP contribution in [0.1, 0.15) is 22.2 Å². The van der Waals surface area contributed by atoms with Crippen LogP contribution < -0.4 is 10.1 Å². The lowest BCUT2D eigenvalue weighted by Gasteiger charge is -2.14. The van der Waals surface area contributed by atoms with Crippen molar-refractivity contribution in [2.24, 2.45) is 0 Å². The summed E-state index contributed by atoms with van der Waals surface area (Å²) in [6, 6.07) is 5.68. The van der Waals surface area contributed by atoms with Crippen LogP contribution in [0.3, 0.4) is 0 Å². The highest BCUT2D eigenvalue weighted by atomic mass is 35.5. The number of amides is 1. The van der Waals surface area contributed by atoms with Gasteiger partial charge in [0.25, 0.3) is 11.6 Å². The fourth-order valence-electron chi connectivity index (χ4n) is 3.14. The molecule has 0 saturated carbocycles. The maximum Gasteiger partial charge on any atom is 0.341 e. The number of benzene rings is 2. The molecule has 14 heteroatoms. The molecule has 0 unspecified atom stereocenters. The summed E-state index contributed by atoms with van der Waals surface area (Å²) >= 11 is 31.4. The number of ether oxygens (including phenoxy) is 2. The highest BCUT2D eigenvalue weighted by molar-refractivity contribution is 7.17. The smallest absolute Gasteiger partial charge is 0.341 e. The molecule has 3 aromatic rings. The molecule has 0 fully saturated rings. The Balaban J connectivity index is 1.91. The number of nitrogens with zero attached hydrogens (tertiary/aromatic N) is 1. The third-order valence-electron chi connectivity index (χ3n) is 4.70. The van der Waals surface area contributed by atoms with Gasteiger partial charge >= 0.3 is 5.97 Å². The third kappa shape index (κ3) is 5.82. The lowest BCUT2D eigenvalue weighted by molar-refractivity contribution is -0.384. The van der Waals surface area contributed by atoms with E-state index >= 15 is 0 Å². The molecule has 36 heavy (non-hydrogen) atoms. The van der Waals surface area contributed by atoms with Gasteiger partial charge in [0.15, 0.2) is 12.4 Å². The van der Waals surface area contributed by atoms with Crippen molar-refractivity contribution in [3.8, 4) is 16.9 Å². The lowest BCUT2D eigenvalue weighted by atomic mass is 10.0. The molecule has 2 aromatic carbocycles. The molecule has 1 aromatic heterocycles. The lowest BCUT2D eigenvalue weighted by Crippen LogP contribution is -2.21. The van der Waals surface area contributed by atoms with Crippen molar-refractivity contribution >= 4 is 91.9 Å². The van der Waals surface area contributed by atoms with E-state index in [0.29, 0.717) is 16.0 Å². The molecule has 1 heterocycles. The first-order valence-electron chi connectivity index (χ1n) is 9.97. The number of anilines is 1. The van der Waals surface area contributed by atoms with Gasteiger partial charge in [-0.2, -0.15) is 0 Å². The van der Waals surface area contributed by atoms with Crippen molar-refractivity contribution in [2.75, 3.05) is 18.5 Å². The second-order valence-electron chi connectivity index (χ2n) is 7.00. The average Bonchev–Trinajstić information content (AvgIpc) is 3.16. The first-order valence-corrected chi connectivity index (χ1v) is 12.7. The molecule has 3 rings (SSSR count). The van der Waals surface area contributed by atoms with E-state index in [1.807, 2.05) is 0 Å². The van der Waals surface area contributed by atoms with Crippen LogP contribution in [0.25, 0.3) is 11.1 Å². The molecule has 0 saturated heterocycles. The predicted molar refractivity (Wildman–Crippen MR) is 143 cm³/mol. The number of nitro benzene ring substituents is 1. The maximum absolute atomic E-state index is 12.8. The second kappa shape index (κ2) is 11.9. The van der Waals surface area contributed by atoms with Gasteiger partial charge in [0.05, 0.1) is 26.6 Å². The fourth-order valence-corrected chi connectivity index (χ4v) is 5.45. The van der Waals surface area contributed by atoms with E-state index in [2.05, 4.69) is 5.32 Å². The molecule has 0 aliphatic heterocycles. The molecule has 1 amide bonds. The number of halogens is 5. The first kappa shape index (κ1) is 28.3. The van der Waals surface area contributed by atoms with Crippen LogP contribution in [0.4, 0.5) is 10.7 Å². The highest BCUT2D eigenvalue weighted by Gasteiger charge is 2.27. The normalized spacial score (nSPS) is 10.8. The van der Waals surface area contributed by atoms with E-state index < -0.39 is 23.4 Å². The predicted octanol–water partition coefficient (Wildman–Crippen LogP) is 8.09. The van der Waals surface area contributed by atoms with Gasteiger partial charge < -0.3 is 14.8 Å². The van der Waals surface area contributed by atoms with Crippen LogP contribution in [0.15, 0.2) is 24.3 Å². The van der Waals surface area contributed by atoms with Crippen molar-refractivity contribution < 1.29 is 24.0 Å². The molecule has 0 spiro atoms. The topological polar surface area (TPSA) is 108 Å². The molecule has 8 nitrogen and oxygen atoms in total. The molecule has 0 radical (unpaired) electrons. The summed E-state index contributed by atoms with van der Waals surface area (Å²) < 4.78 is 10.6. The minimum absolute atomic E-state index is 0.0583. The standard InChI is InChI=1S/C22H15Cl5N2O6S/c1-3-34-22(31)14-13(10-4-6-11(7-5-10)29(32)33)9(2)36-21(14)28-12(30)8-35-20-18(26)16(24)15(23)17(25)19(20)27/h4-7H,3,8H2,1-2H3,(H,28,30). The van der Waals surface area contributed by atoms with Gasteiger partial charge in [-0.15, -0.1) is 11.3 Å². The number of nitro groups is 1. The highest BCUT2D eigenvalue weighted by Crippen LogP contribution is 2.48.